The summed E-state index contributed by atoms with van der Waals surface area (Å²) >= 11 is 1.59. The summed E-state index contributed by atoms with van der Waals surface area (Å²) in [7, 11) is 0. The quantitative estimate of drug-likeness (QED) is 0.465. The van der Waals surface area contributed by atoms with Crippen LogP contribution in [0.5, 0.6) is 0 Å². The Morgan fingerprint density at radius 1 is 1.22 bits per heavy atom. The molecule has 128 valence electrons. The third-order valence-corrected chi connectivity index (χ3v) is 4.67. The molecule has 2 rings (SSSR count). The molecule has 0 atom stereocenters. The van der Waals surface area contributed by atoms with Gasteiger partial charge in [-0.05, 0) is 31.4 Å². The van der Waals surface area contributed by atoms with Crippen LogP contribution in [-0.2, 0) is 0 Å². The third-order valence-electron chi connectivity index (χ3n) is 3.78. The van der Waals surface area contributed by atoms with Crippen molar-refractivity contribution in [3.05, 3.63) is 35.9 Å². The monoisotopic (exact) mass is 355 g/mol. The molecule has 6 heteroatoms. The summed E-state index contributed by atoms with van der Waals surface area (Å²) in [5.74, 6) is 0.867. The number of rotatable bonds is 6. The summed E-state index contributed by atoms with van der Waals surface area (Å²) in [6.45, 7) is 0.664. The van der Waals surface area contributed by atoms with E-state index in [1.165, 1.54) is 32.1 Å². The van der Waals surface area contributed by atoms with E-state index >= 15 is 0 Å². The molecule has 1 aromatic rings. The first kappa shape index (κ1) is 19.8. The Hall–Kier alpha value is -1.20. The smallest absolute Gasteiger partial charge is 0.251 e. The number of carbonyl (C=O) groups excluding carboxylic acids is 1. The van der Waals surface area contributed by atoms with Crippen LogP contribution in [0.3, 0.4) is 0 Å². The number of nitrogens with two attached hydrogens (primary N) is 1. The van der Waals surface area contributed by atoms with Gasteiger partial charge in [0.2, 0.25) is 0 Å². The topological polar surface area (TPSA) is 67.5 Å². The van der Waals surface area contributed by atoms with Crippen molar-refractivity contribution in [1.29, 1.82) is 0 Å². The predicted octanol–water partition coefficient (Wildman–Crippen LogP) is 3.61. The first-order valence-electron chi connectivity index (χ1n) is 8.05. The van der Waals surface area contributed by atoms with E-state index in [1.54, 1.807) is 11.8 Å². The average Bonchev–Trinajstić information content (AvgIpc) is 2.56. The number of halogens is 1. The minimum atomic E-state index is -0.0190. The molecule has 1 aliphatic rings. The maximum absolute atomic E-state index is 11.8. The molecule has 0 radical (unpaired) electrons. The van der Waals surface area contributed by atoms with Crippen LogP contribution in [0.4, 0.5) is 0 Å². The van der Waals surface area contributed by atoms with Crippen molar-refractivity contribution in [2.24, 2.45) is 10.7 Å². The summed E-state index contributed by atoms with van der Waals surface area (Å²) in [5, 5.41) is 3.62. The average molecular weight is 356 g/mol. The number of hydrogen-bond acceptors (Lipinski definition) is 3. The molecular formula is C17H26ClN3OS. The largest absolute Gasteiger partial charge is 0.379 e. The highest BCUT2D eigenvalue weighted by Crippen LogP contribution is 2.21. The van der Waals surface area contributed by atoms with E-state index in [4.69, 9.17) is 5.73 Å². The van der Waals surface area contributed by atoms with Crippen molar-refractivity contribution in [1.82, 2.24) is 5.32 Å². The van der Waals surface area contributed by atoms with E-state index in [9.17, 15) is 4.79 Å². The van der Waals surface area contributed by atoms with Crippen LogP contribution in [0, 0.1) is 0 Å². The van der Waals surface area contributed by atoms with Crippen molar-refractivity contribution < 1.29 is 4.79 Å². The van der Waals surface area contributed by atoms with E-state index in [0.717, 1.165) is 12.2 Å². The summed E-state index contributed by atoms with van der Waals surface area (Å²) < 4.78 is 0. The van der Waals surface area contributed by atoms with Gasteiger partial charge in [-0.1, -0.05) is 49.2 Å². The molecule has 0 saturated heterocycles. The molecule has 1 aromatic carbocycles. The van der Waals surface area contributed by atoms with Gasteiger partial charge in [-0.25, -0.2) is 0 Å². The van der Waals surface area contributed by atoms with Crippen LogP contribution in [0.2, 0.25) is 0 Å². The standard InChI is InChI=1S/C17H25N3OS.ClH/c18-17(20-15-10-5-2-6-11-15)22-13-7-12-19-16(21)14-8-3-1-4-9-14;/h1,3-4,8-9,15H,2,5-7,10-13H2,(H2,18,20)(H,19,21);1H. The van der Waals surface area contributed by atoms with Gasteiger partial charge >= 0.3 is 0 Å². The molecule has 0 heterocycles. The normalized spacial score (nSPS) is 15.7. The van der Waals surface area contributed by atoms with Crippen molar-refractivity contribution in [2.75, 3.05) is 12.3 Å². The molecule has 0 spiro atoms. The van der Waals surface area contributed by atoms with Crippen molar-refractivity contribution in [3.63, 3.8) is 0 Å². The molecule has 0 aromatic heterocycles. The van der Waals surface area contributed by atoms with Crippen molar-refractivity contribution in [3.8, 4) is 0 Å². The molecule has 0 unspecified atom stereocenters. The molecule has 0 aliphatic heterocycles. The van der Waals surface area contributed by atoms with Crippen LogP contribution in [0.15, 0.2) is 35.3 Å². The molecule has 1 aliphatic carbocycles. The highest BCUT2D eigenvalue weighted by Gasteiger charge is 2.12. The lowest BCUT2D eigenvalue weighted by atomic mass is 9.96. The number of nitrogens with zero attached hydrogens (tertiary/aromatic N) is 1. The van der Waals surface area contributed by atoms with Gasteiger partial charge < -0.3 is 11.1 Å². The number of nitrogens with one attached hydrogen (secondary N) is 1. The van der Waals surface area contributed by atoms with Crippen LogP contribution in [0.1, 0.15) is 48.9 Å². The number of amidine groups is 1. The Morgan fingerprint density at radius 2 is 1.91 bits per heavy atom. The number of carbonyl (C=O) groups is 1. The molecule has 4 nitrogen and oxygen atoms in total. The minimum Gasteiger partial charge on any atom is -0.379 e. The lowest BCUT2D eigenvalue weighted by Crippen LogP contribution is -2.25. The van der Waals surface area contributed by atoms with Gasteiger partial charge in [-0.2, -0.15) is 0 Å². The zero-order valence-electron chi connectivity index (χ0n) is 13.4. The Kier molecular flexibility index (Phi) is 9.80. The van der Waals surface area contributed by atoms with Gasteiger partial charge in [0.1, 0.15) is 0 Å². The molecule has 1 amide bonds. The summed E-state index contributed by atoms with van der Waals surface area (Å²) in [6, 6.07) is 9.71. The minimum absolute atomic E-state index is 0. The van der Waals surface area contributed by atoms with Gasteiger partial charge in [-0.15, -0.1) is 12.4 Å². The van der Waals surface area contributed by atoms with Gasteiger partial charge in [0.05, 0.1) is 6.04 Å². The maximum atomic E-state index is 11.8. The predicted molar refractivity (Wildman–Crippen MR) is 102 cm³/mol. The van der Waals surface area contributed by atoms with Crippen LogP contribution >= 0.6 is 24.2 Å². The third kappa shape index (κ3) is 7.75. The van der Waals surface area contributed by atoms with E-state index in [-0.39, 0.29) is 18.3 Å². The molecule has 1 fully saturated rings. The highest BCUT2D eigenvalue weighted by atomic mass is 35.5. The van der Waals surface area contributed by atoms with E-state index < -0.39 is 0 Å². The molecule has 1 saturated carbocycles. The van der Waals surface area contributed by atoms with Crippen molar-refractivity contribution in [2.45, 2.75) is 44.6 Å². The van der Waals surface area contributed by atoms with Gasteiger partial charge in [-0.3, -0.25) is 9.79 Å². The number of amides is 1. The molecular weight excluding hydrogens is 330 g/mol. The van der Waals surface area contributed by atoms with Crippen LogP contribution in [0.25, 0.3) is 0 Å². The van der Waals surface area contributed by atoms with E-state index in [2.05, 4.69) is 10.3 Å². The maximum Gasteiger partial charge on any atom is 0.251 e. The zero-order chi connectivity index (χ0) is 15.6. The summed E-state index contributed by atoms with van der Waals surface area (Å²) in [4.78, 5) is 16.4. The first-order chi connectivity index (χ1) is 10.8. The summed E-state index contributed by atoms with van der Waals surface area (Å²) in [6.07, 6.45) is 7.13. The Labute approximate surface area is 149 Å². The fourth-order valence-corrected chi connectivity index (χ4v) is 3.29. The Balaban J connectivity index is 0.00000264. The number of benzene rings is 1. The van der Waals surface area contributed by atoms with E-state index in [1.807, 2.05) is 30.3 Å². The summed E-state index contributed by atoms with van der Waals surface area (Å²) in [5.41, 5.74) is 6.67. The number of hydrogen-bond donors (Lipinski definition) is 2. The van der Waals surface area contributed by atoms with Gasteiger partial charge in [0.15, 0.2) is 5.17 Å². The molecule has 3 N–H and O–H groups in total. The van der Waals surface area contributed by atoms with Crippen LogP contribution < -0.4 is 11.1 Å². The Morgan fingerprint density at radius 3 is 2.61 bits per heavy atom. The molecule has 23 heavy (non-hydrogen) atoms. The zero-order valence-corrected chi connectivity index (χ0v) is 15.0. The SMILES string of the molecule is Cl.NC(=NC1CCCCC1)SCCCNC(=O)c1ccccc1. The fourth-order valence-electron chi connectivity index (χ4n) is 2.57. The fraction of sp³-hybridized carbons (Fsp3) is 0.529. The lowest BCUT2D eigenvalue weighted by Gasteiger charge is -2.18. The highest BCUT2D eigenvalue weighted by molar-refractivity contribution is 8.13. The number of aliphatic imine (C=N–C) groups is 1. The second kappa shape index (κ2) is 11.4. The number of thioether (sulfide) groups is 1. The van der Waals surface area contributed by atoms with Gasteiger partial charge in [0.25, 0.3) is 5.91 Å². The lowest BCUT2D eigenvalue weighted by molar-refractivity contribution is 0.0954. The second-order valence-corrected chi connectivity index (χ2v) is 6.70. The first-order valence-corrected chi connectivity index (χ1v) is 9.03. The van der Waals surface area contributed by atoms with E-state index in [0.29, 0.717) is 23.3 Å². The molecule has 0 bridgehead atoms. The Bertz CT molecular complexity index is 490. The second-order valence-electron chi connectivity index (χ2n) is 5.58. The van der Waals surface area contributed by atoms with Crippen molar-refractivity contribution >= 4 is 35.2 Å². The van der Waals surface area contributed by atoms with Gasteiger partial charge in [0, 0.05) is 17.9 Å². The van der Waals surface area contributed by atoms with Crippen LogP contribution in [-0.4, -0.2) is 29.4 Å².